The van der Waals surface area contributed by atoms with Crippen LogP contribution in [-0.4, -0.2) is 28.1 Å². The van der Waals surface area contributed by atoms with Crippen LogP contribution in [0.5, 0.6) is 0 Å². The van der Waals surface area contributed by atoms with E-state index in [0.717, 1.165) is 11.0 Å². The van der Waals surface area contributed by atoms with E-state index in [1.807, 2.05) is 24.3 Å². The molecule has 0 saturated heterocycles. The molecule has 0 aliphatic heterocycles. The summed E-state index contributed by atoms with van der Waals surface area (Å²) in [6.45, 7) is 0.139. The summed E-state index contributed by atoms with van der Waals surface area (Å²) in [5.41, 5.74) is 4.13. The minimum Gasteiger partial charge on any atom is -0.467 e. The maximum Gasteiger partial charge on any atom is 0.334 e. The Morgan fingerprint density at radius 1 is 1.13 bits per heavy atom. The van der Waals surface area contributed by atoms with Crippen LogP contribution < -0.4 is 16.1 Å². The van der Waals surface area contributed by atoms with Crippen molar-refractivity contribution in [3.05, 3.63) is 54.7 Å². The van der Waals surface area contributed by atoms with Gasteiger partial charge in [-0.25, -0.2) is 19.9 Å². The molecule has 8 heteroatoms. The average molecular weight is 313 g/mol. The van der Waals surface area contributed by atoms with Crippen molar-refractivity contribution in [2.24, 2.45) is 0 Å². The zero-order chi connectivity index (χ0) is 16.1. The normalized spacial score (nSPS) is 10.4. The van der Waals surface area contributed by atoms with Crippen LogP contribution in [0.3, 0.4) is 0 Å². The molecule has 0 aliphatic carbocycles. The maximum absolute atomic E-state index is 11.8. The fourth-order valence-electron chi connectivity index (χ4n) is 2.02. The molecule has 0 fully saturated rings. The first-order valence-electron chi connectivity index (χ1n) is 6.98. The predicted octanol–water partition coefficient (Wildman–Crippen LogP) is 1.20. The molecule has 0 atom stereocenters. The molecule has 3 N–H and O–H groups in total. The second kappa shape index (κ2) is 6.65. The third kappa shape index (κ3) is 3.67. The number of carbonyl (C=O) groups excluding carboxylic acids is 2. The van der Waals surface area contributed by atoms with Gasteiger partial charge in [-0.3, -0.25) is 4.79 Å². The summed E-state index contributed by atoms with van der Waals surface area (Å²) in [5, 5.41) is 5.11. The lowest BCUT2D eigenvalue weighted by Crippen LogP contribution is -2.40. The van der Waals surface area contributed by atoms with Crippen molar-refractivity contribution in [3.8, 4) is 0 Å². The van der Waals surface area contributed by atoms with Crippen LogP contribution in [-0.2, 0) is 11.3 Å². The molecule has 0 unspecified atom stereocenters. The van der Waals surface area contributed by atoms with Crippen molar-refractivity contribution in [3.63, 3.8) is 0 Å². The number of carbonyl (C=O) groups is 2. The molecule has 0 saturated carbocycles. The first kappa shape index (κ1) is 14.6. The lowest BCUT2D eigenvalue weighted by molar-refractivity contribution is -0.120. The van der Waals surface area contributed by atoms with E-state index in [1.165, 1.54) is 17.3 Å². The number of nitrogens with one attached hydrogen (secondary N) is 3. The van der Waals surface area contributed by atoms with E-state index in [4.69, 9.17) is 4.42 Å². The molecule has 2 aromatic heterocycles. The quantitative estimate of drug-likeness (QED) is 0.658. The highest BCUT2D eigenvalue weighted by Gasteiger charge is 2.08. The van der Waals surface area contributed by atoms with Crippen LogP contribution >= 0.6 is 0 Å². The topological polar surface area (TPSA) is 101 Å². The number of para-hydroxylation sites is 2. The monoisotopic (exact) mass is 313 g/mol. The number of furan rings is 1. The summed E-state index contributed by atoms with van der Waals surface area (Å²) in [4.78, 5) is 27.6. The Kier molecular flexibility index (Phi) is 4.23. The predicted molar refractivity (Wildman–Crippen MR) is 83.0 cm³/mol. The molecule has 2 heterocycles. The van der Waals surface area contributed by atoms with Crippen LogP contribution in [0.15, 0.2) is 53.4 Å². The fourth-order valence-corrected chi connectivity index (χ4v) is 2.02. The van der Waals surface area contributed by atoms with E-state index in [2.05, 4.69) is 21.0 Å². The minimum absolute atomic E-state index is 0.140. The molecule has 118 valence electrons. The number of hydrogen-bond donors (Lipinski definition) is 3. The van der Waals surface area contributed by atoms with Gasteiger partial charge in [-0.1, -0.05) is 12.1 Å². The van der Waals surface area contributed by atoms with E-state index in [-0.39, 0.29) is 19.0 Å². The molecule has 0 bridgehead atoms. The Hall–Kier alpha value is -3.29. The molecule has 3 rings (SSSR count). The first-order chi connectivity index (χ1) is 11.2. The van der Waals surface area contributed by atoms with Gasteiger partial charge in [-0.2, -0.15) is 0 Å². The Morgan fingerprint density at radius 2 is 2.00 bits per heavy atom. The summed E-state index contributed by atoms with van der Waals surface area (Å²) in [5.74, 6) is 0.333. The van der Waals surface area contributed by atoms with Crippen molar-refractivity contribution in [1.82, 2.24) is 20.3 Å². The van der Waals surface area contributed by atoms with Gasteiger partial charge < -0.3 is 15.1 Å². The fraction of sp³-hybridized carbons (Fsp3) is 0.133. The average Bonchev–Trinajstić information content (AvgIpc) is 3.21. The van der Waals surface area contributed by atoms with Gasteiger partial charge in [0.2, 0.25) is 5.91 Å². The molecular weight excluding hydrogens is 298 g/mol. The smallest absolute Gasteiger partial charge is 0.334 e. The number of nitrogens with zero attached hydrogens (tertiary/aromatic N) is 2. The Bertz CT molecular complexity index is 810. The molecule has 3 amide bonds. The van der Waals surface area contributed by atoms with Gasteiger partial charge in [0.15, 0.2) is 0 Å². The number of fused-ring (bicyclic) bond motifs is 1. The number of urea groups is 1. The van der Waals surface area contributed by atoms with Gasteiger partial charge in [-0.05, 0) is 24.3 Å². The Balaban J connectivity index is 1.47. The molecule has 1 aromatic carbocycles. The van der Waals surface area contributed by atoms with E-state index in [1.54, 1.807) is 12.1 Å². The zero-order valence-corrected chi connectivity index (χ0v) is 12.2. The number of rotatable bonds is 5. The molecule has 23 heavy (non-hydrogen) atoms. The highest BCUT2D eigenvalue weighted by molar-refractivity contribution is 5.88. The van der Waals surface area contributed by atoms with Gasteiger partial charge in [0.1, 0.15) is 12.1 Å². The summed E-state index contributed by atoms with van der Waals surface area (Å²) >= 11 is 0. The Labute approximate surface area is 131 Å². The number of aromatic nitrogens is 2. The summed E-state index contributed by atoms with van der Waals surface area (Å²) in [6.07, 6.45) is 3.03. The van der Waals surface area contributed by atoms with E-state index >= 15 is 0 Å². The summed E-state index contributed by atoms with van der Waals surface area (Å²) in [6, 6.07) is 10.4. The lowest BCUT2D eigenvalue weighted by atomic mass is 10.3. The summed E-state index contributed by atoms with van der Waals surface area (Å²) in [7, 11) is 0. The maximum atomic E-state index is 11.8. The van der Waals surface area contributed by atoms with Gasteiger partial charge in [0.05, 0.1) is 30.4 Å². The minimum atomic E-state index is -0.499. The zero-order valence-electron chi connectivity index (χ0n) is 12.2. The highest BCUT2D eigenvalue weighted by Crippen LogP contribution is 2.09. The van der Waals surface area contributed by atoms with Gasteiger partial charge in [0.25, 0.3) is 0 Å². The van der Waals surface area contributed by atoms with Gasteiger partial charge >= 0.3 is 6.03 Å². The third-order valence-electron chi connectivity index (χ3n) is 3.12. The van der Waals surface area contributed by atoms with Crippen molar-refractivity contribution in [1.29, 1.82) is 0 Å². The Morgan fingerprint density at radius 3 is 2.83 bits per heavy atom. The van der Waals surface area contributed by atoms with Crippen LogP contribution in [0.1, 0.15) is 5.76 Å². The second-order valence-corrected chi connectivity index (χ2v) is 4.75. The van der Waals surface area contributed by atoms with Crippen molar-refractivity contribution >= 4 is 23.0 Å². The number of amides is 3. The van der Waals surface area contributed by atoms with Crippen LogP contribution in [0.25, 0.3) is 11.0 Å². The first-order valence-corrected chi connectivity index (χ1v) is 6.98. The van der Waals surface area contributed by atoms with Crippen molar-refractivity contribution in [2.45, 2.75) is 6.54 Å². The molecule has 8 nitrogen and oxygen atoms in total. The second-order valence-electron chi connectivity index (χ2n) is 4.75. The van der Waals surface area contributed by atoms with Crippen molar-refractivity contribution < 1.29 is 14.0 Å². The van der Waals surface area contributed by atoms with Crippen molar-refractivity contribution in [2.75, 3.05) is 12.0 Å². The third-order valence-corrected chi connectivity index (χ3v) is 3.12. The number of hydrogen-bond acceptors (Lipinski definition) is 4. The van der Waals surface area contributed by atoms with E-state index in [0.29, 0.717) is 5.76 Å². The molecular formula is C15H15N5O3. The molecule has 3 aromatic rings. The van der Waals surface area contributed by atoms with Crippen LogP contribution in [0.4, 0.5) is 4.79 Å². The standard InChI is InChI=1S/C15H15N5O3/c21-14(16-8-11-4-3-7-23-11)9-17-15(22)19-20-10-18-12-5-1-2-6-13(12)20/h1-7,10H,8-9H2,(H,16,21)(H2,17,19,22). The number of imidazole rings is 1. The largest absolute Gasteiger partial charge is 0.467 e. The van der Waals surface area contributed by atoms with Crippen LogP contribution in [0, 0.1) is 0 Å². The van der Waals surface area contributed by atoms with Crippen LogP contribution in [0.2, 0.25) is 0 Å². The van der Waals surface area contributed by atoms with E-state index in [9.17, 15) is 9.59 Å². The summed E-state index contributed by atoms with van der Waals surface area (Å²) < 4.78 is 6.59. The number of benzene rings is 1. The highest BCUT2D eigenvalue weighted by atomic mass is 16.3. The molecule has 0 spiro atoms. The SMILES string of the molecule is O=C(CNC(=O)Nn1cnc2ccccc21)NCc1ccco1. The molecule has 0 radical (unpaired) electrons. The molecule has 0 aliphatic rings. The van der Waals surface area contributed by atoms with Gasteiger partial charge in [-0.15, -0.1) is 0 Å². The van der Waals surface area contributed by atoms with Gasteiger partial charge in [0, 0.05) is 0 Å². The lowest BCUT2D eigenvalue weighted by Gasteiger charge is -2.09. The van der Waals surface area contributed by atoms with E-state index < -0.39 is 6.03 Å².